The van der Waals surface area contributed by atoms with Crippen molar-refractivity contribution in [3.8, 4) is 0 Å². The van der Waals surface area contributed by atoms with E-state index in [-0.39, 0.29) is 11.5 Å². The van der Waals surface area contributed by atoms with Crippen LogP contribution in [-0.4, -0.2) is 6.54 Å². The average molecular weight is 347 g/mol. The van der Waals surface area contributed by atoms with E-state index in [1.54, 1.807) is 0 Å². The highest BCUT2D eigenvalue weighted by molar-refractivity contribution is 9.10. The molecule has 3 heteroatoms. The average Bonchev–Trinajstić information content (AvgIpc) is 2.44. The Hall–Kier alpha value is -1.32. The molecule has 0 aliphatic rings. The van der Waals surface area contributed by atoms with Crippen LogP contribution in [0.4, 0.5) is 5.69 Å². The fourth-order valence-corrected chi connectivity index (χ4v) is 2.67. The van der Waals surface area contributed by atoms with Gasteiger partial charge in [-0.3, -0.25) is 0 Å². The molecule has 21 heavy (non-hydrogen) atoms. The predicted octanol–water partition coefficient (Wildman–Crippen LogP) is 4.86. The molecule has 0 bridgehead atoms. The summed E-state index contributed by atoms with van der Waals surface area (Å²) in [4.78, 5) is 0. The lowest BCUT2D eigenvalue weighted by molar-refractivity contribution is 0.589. The van der Waals surface area contributed by atoms with Crippen molar-refractivity contribution < 1.29 is 0 Å². The van der Waals surface area contributed by atoms with Gasteiger partial charge in [-0.1, -0.05) is 67.0 Å². The second-order valence-corrected chi connectivity index (χ2v) is 7.23. The van der Waals surface area contributed by atoms with Gasteiger partial charge in [0.15, 0.2) is 0 Å². The van der Waals surface area contributed by atoms with Crippen LogP contribution in [0.5, 0.6) is 0 Å². The van der Waals surface area contributed by atoms with E-state index in [9.17, 15) is 0 Å². The normalized spacial score (nSPS) is 13.0. The smallest absolute Gasteiger partial charge is 0.0636 e. The fraction of sp³-hybridized carbons (Fsp3) is 0.333. The number of benzene rings is 2. The Labute approximate surface area is 135 Å². The first kappa shape index (κ1) is 16.1. The molecule has 2 aromatic carbocycles. The monoisotopic (exact) mass is 346 g/mol. The molecule has 2 nitrogen and oxygen atoms in total. The summed E-state index contributed by atoms with van der Waals surface area (Å²) in [5.41, 5.74) is 9.74. The van der Waals surface area contributed by atoms with Crippen LogP contribution in [0, 0.1) is 0 Å². The molecule has 0 aliphatic heterocycles. The van der Waals surface area contributed by atoms with Gasteiger partial charge in [-0.2, -0.15) is 0 Å². The van der Waals surface area contributed by atoms with Gasteiger partial charge < -0.3 is 11.1 Å². The summed E-state index contributed by atoms with van der Waals surface area (Å²) in [5, 5.41) is 3.49. The van der Waals surface area contributed by atoms with Gasteiger partial charge in [0.1, 0.15) is 0 Å². The summed E-state index contributed by atoms with van der Waals surface area (Å²) in [7, 11) is 0. The Morgan fingerprint density at radius 3 is 2.29 bits per heavy atom. The molecule has 0 heterocycles. The van der Waals surface area contributed by atoms with Crippen molar-refractivity contribution in [3.63, 3.8) is 0 Å². The third kappa shape index (κ3) is 4.32. The number of nitrogens with one attached hydrogen (secondary N) is 1. The lowest BCUT2D eigenvalue weighted by Gasteiger charge is -2.22. The van der Waals surface area contributed by atoms with Crippen LogP contribution < -0.4 is 11.1 Å². The Bertz CT molecular complexity index is 585. The molecule has 0 radical (unpaired) electrons. The highest BCUT2D eigenvalue weighted by atomic mass is 79.9. The van der Waals surface area contributed by atoms with E-state index >= 15 is 0 Å². The number of anilines is 1. The van der Waals surface area contributed by atoms with Crippen LogP contribution in [0.25, 0.3) is 0 Å². The largest absolute Gasteiger partial charge is 0.377 e. The van der Waals surface area contributed by atoms with Gasteiger partial charge >= 0.3 is 0 Å². The van der Waals surface area contributed by atoms with Crippen LogP contribution >= 0.6 is 15.9 Å². The van der Waals surface area contributed by atoms with E-state index in [1.807, 2.05) is 12.1 Å². The first-order valence-corrected chi connectivity index (χ1v) is 8.02. The molecular weight excluding hydrogens is 324 g/mol. The van der Waals surface area contributed by atoms with E-state index in [0.717, 1.165) is 10.2 Å². The zero-order valence-electron chi connectivity index (χ0n) is 12.9. The van der Waals surface area contributed by atoms with Crippen LogP contribution in [0.2, 0.25) is 0 Å². The summed E-state index contributed by atoms with van der Waals surface area (Å²) >= 11 is 3.49. The third-order valence-electron chi connectivity index (χ3n) is 3.58. The van der Waals surface area contributed by atoms with Crippen molar-refractivity contribution in [2.45, 2.75) is 32.2 Å². The lowest BCUT2D eigenvalue weighted by Crippen LogP contribution is -2.21. The quantitative estimate of drug-likeness (QED) is 0.829. The van der Waals surface area contributed by atoms with Gasteiger partial charge in [0.05, 0.1) is 6.04 Å². The Morgan fingerprint density at radius 1 is 1.10 bits per heavy atom. The zero-order valence-corrected chi connectivity index (χ0v) is 14.4. The van der Waals surface area contributed by atoms with Crippen molar-refractivity contribution in [1.82, 2.24) is 0 Å². The zero-order chi connectivity index (χ0) is 15.5. The Balaban J connectivity index is 2.18. The molecule has 1 atom stereocenters. The van der Waals surface area contributed by atoms with Crippen molar-refractivity contribution >= 4 is 21.6 Å². The molecule has 0 saturated heterocycles. The van der Waals surface area contributed by atoms with Crippen LogP contribution in [0.1, 0.15) is 37.9 Å². The summed E-state index contributed by atoms with van der Waals surface area (Å²) in [6.07, 6.45) is 0. The molecule has 3 N–H and O–H groups in total. The van der Waals surface area contributed by atoms with Gasteiger partial charge in [0.2, 0.25) is 0 Å². The van der Waals surface area contributed by atoms with Crippen molar-refractivity contribution in [2.24, 2.45) is 5.73 Å². The number of halogens is 1. The summed E-state index contributed by atoms with van der Waals surface area (Å²) in [6, 6.07) is 17.0. The van der Waals surface area contributed by atoms with Crippen molar-refractivity contribution in [1.29, 1.82) is 0 Å². The second-order valence-electron chi connectivity index (χ2n) is 6.31. The highest BCUT2D eigenvalue weighted by Gasteiger charge is 2.15. The van der Waals surface area contributed by atoms with E-state index in [2.05, 4.69) is 78.4 Å². The molecule has 2 aromatic rings. The van der Waals surface area contributed by atoms with Crippen LogP contribution in [-0.2, 0) is 5.41 Å². The predicted molar refractivity (Wildman–Crippen MR) is 94.7 cm³/mol. The summed E-state index contributed by atoms with van der Waals surface area (Å²) in [5.74, 6) is 0. The molecule has 112 valence electrons. The van der Waals surface area contributed by atoms with Gasteiger partial charge in [0.25, 0.3) is 0 Å². The SMILES string of the molecule is CC(C)(C)c1ccc(C(CN)Nc2cccc(Br)c2)cc1. The number of hydrogen-bond donors (Lipinski definition) is 2. The molecule has 0 aromatic heterocycles. The minimum absolute atomic E-state index is 0.119. The van der Waals surface area contributed by atoms with E-state index < -0.39 is 0 Å². The van der Waals surface area contributed by atoms with Gasteiger partial charge in [-0.25, -0.2) is 0 Å². The van der Waals surface area contributed by atoms with Gasteiger partial charge in [-0.15, -0.1) is 0 Å². The molecule has 0 fully saturated rings. The minimum atomic E-state index is 0.119. The van der Waals surface area contributed by atoms with Gasteiger partial charge in [-0.05, 0) is 34.7 Å². The van der Waals surface area contributed by atoms with E-state index in [1.165, 1.54) is 11.1 Å². The minimum Gasteiger partial charge on any atom is -0.377 e. The Morgan fingerprint density at radius 2 is 1.76 bits per heavy atom. The standard InChI is InChI=1S/C18H23BrN2/c1-18(2,3)14-9-7-13(8-10-14)17(12-20)21-16-6-4-5-15(19)11-16/h4-11,17,21H,12,20H2,1-3H3. The first-order valence-electron chi connectivity index (χ1n) is 7.23. The third-order valence-corrected chi connectivity index (χ3v) is 4.07. The molecular formula is C18H23BrN2. The Kier molecular flexibility index (Phi) is 5.07. The molecule has 0 amide bonds. The lowest BCUT2D eigenvalue weighted by atomic mass is 9.86. The van der Waals surface area contributed by atoms with E-state index in [0.29, 0.717) is 6.54 Å². The fourth-order valence-electron chi connectivity index (χ4n) is 2.27. The summed E-state index contributed by atoms with van der Waals surface area (Å²) in [6.45, 7) is 7.23. The molecule has 1 unspecified atom stereocenters. The number of nitrogens with two attached hydrogens (primary N) is 1. The molecule has 0 aliphatic carbocycles. The molecule has 0 spiro atoms. The maximum absolute atomic E-state index is 5.94. The number of hydrogen-bond acceptors (Lipinski definition) is 2. The van der Waals surface area contributed by atoms with E-state index in [4.69, 9.17) is 5.73 Å². The summed E-state index contributed by atoms with van der Waals surface area (Å²) < 4.78 is 1.06. The maximum atomic E-state index is 5.94. The highest BCUT2D eigenvalue weighted by Crippen LogP contribution is 2.26. The van der Waals surface area contributed by atoms with Crippen molar-refractivity contribution in [3.05, 3.63) is 64.1 Å². The van der Waals surface area contributed by atoms with Crippen LogP contribution in [0.3, 0.4) is 0 Å². The van der Waals surface area contributed by atoms with Gasteiger partial charge in [0, 0.05) is 16.7 Å². The molecule has 2 rings (SSSR count). The van der Waals surface area contributed by atoms with Crippen molar-refractivity contribution in [2.75, 3.05) is 11.9 Å². The molecule has 0 saturated carbocycles. The second kappa shape index (κ2) is 6.63. The first-order chi connectivity index (χ1) is 9.90. The van der Waals surface area contributed by atoms with Crippen LogP contribution in [0.15, 0.2) is 53.0 Å². The topological polar surface area (TPSA) is 38.0 Å². The maximum Gasteiger partial charge on any atom is 0.0636 e. The number of rotatable bonds is 4.